The van der Waals surface area contributed by atoms with Crippen molar-refractivity contribution in [2.24, 2.45) is 0 Å². The zero-order chi connectivity index (χ0) is 15.8. The SMILES string of the molecule is CSCCC(NC(=O)COc1cc(Cl)ccc1Cl)C(=O)O. The monoisotopic (exact) mass is 351 g/mol. The highest BCUT2D eigenvalue weighted by molar-refractivity contribution is 7.98. The summed E-state index contributed by atoms with van der Waals surface area (Å²) in [6.45, 7) is -0.330. The van der Waals surface area contributed by atoms with Crippen molar-refractivity contribution < 1.29 is 19.4 Å². The van der Waals surface area contributed by atoms with Crippen molar-refractivity contribution >= 4 is 46.8 Å². The molecule has 21 heavy (non-hydrogen) atoms. The third-order valence-corrected chi connectivity index (χ3v) is 3.69. The second kappa shape index (κ2) is 9.02. The van der Waals surface area contributed by atoms with E-state index in [1.807, 2.05) is 6.26 Å². The van der Waals surface area contributed by atoms with Crippen molar-refractivity contribution in [3.8, 4) is 5.75 Å². The molecular weight excluding hydrogens is 337 g/mol. The number of rotatable bonds is 8. The van der Waals surface area contributed by atoms with Crippen molar-refractivity contribution in [3.05, 3.63) is 28.2 Å². The van der Waals surface area contributed by atoms with E-state index < -0.39 is 17.9 Å². The summed E-state index contributed by atoms with van der Waals surface area (Å²) in [7, 11) is 0. The van der Waals surface area contributed by atoms with Crippen LogP contribution in [0.1, 0.15) is 6.42 Å². The molecule has 0 aliphatic heterocycles. The molecule has 1 aromatic rings. The van der Waals surface area contributed by atoms with Crippen LogP contribution in [0.15, 0.2) is 18.2 Å². The van der Waals surface area contributed by atoms with Crippen molar-refractivity contribution in [3.63, 3.8) is 0 Å². The standard InChI is InChI=1S/C13H15Cl2NO4S/c1-21-5-4-10(13(18)19)16-12(17)7-20-11-6-8(14)2-3-9(11)15/h2-3,6,10H,4-5,7H2,1H3,(H,16,17)(H,18,19). The molecule has 8 heteroatoms. The highest BCUT2D eigenvalue weighted by Crippen LogP contribution is 2.27. The molecule has 0 spiro atoms. The zero-order valence-corrected chi connectivity index (χ0v) is 13.6. The summed E-state index contributed by atoms with van der Waals surface area (Å²) in [5, 5.41) is 12.2. The minimum atomic E-state index is -1.07. The second-order valence-corrected chi connectivity index (χ2v) is 5.93. The van der Waals surface area contributed by atoms with Gasteiger partial charge in [-0.05, 0) is 30.6 Å². The van der Waals surface area contributed by atoms with E-state index in [0.29, 0.717) is 22.2 Å². The summed E-state index contributed by atoms with van der Waals surface area (Å²) in [6, 6.07) is 3.71. The molecule has 0 aromatic heterocycles. The minimum Gasteiger partial charge on any atom is -0.482 e. The summed E-state index contributed by atoms with van der Waals surface area (Å²) < 4.78 is 5.24. The maximum Gasteiger partial charge on any atom is 0.326 e. The average molecular weight is 352 g/mol. The summed E-state index contributed by atoms with van der Waals surface area (Å²) in [4.78, 5) is 22.7. The van der Waals surface area contributed by atoms with Crippen LogP contribution in [-0.2, 0) is 9.59 Å². The van der Waals surface area contributed by atoms with Gasteiger partial charge in [-0.2, -0.15) is 11.8 Å². The molecule has 0 aliphatic carbocycles. The van der Waals surface area contributed by atoms with Gasteiger partial charge in [-0.1, -0.05) is 23.2 Å². The first-order valence-corrected chi connectivity index (χ1v) is 8.18. The number of hydrogen-bond donors (Lipinski definition) is 2. The molecule has 0 saturated carbocycles. The fraction of sp³-hybridized carbons (Fsp3) is 0.385. The number of aliphatic carboxylic acids is 1. The second-order valence-electron chi connectivity index (χ2n) is 4.10. The molecule has 0 saturated heterocycles. The van der Waals surface area contributed by atoms with Gasteiger partial charge >= 0.3 is 5.97 Å². The van der Waals surface area contributed by atoms with Crippen molar-refractivity contribution in [2.45, 2.75) is 12.5 Å². The number of ether oxygens (including phenoxy) is 1. The summed E-state index contributed by atoms with van der Waals surface area (Å²) in [5.74, 6) is -0.689. The maximum atomic E-state index is 11.7. The Morgan fingerprint density at radius 3 is 2.76 bits per heavy atom. The van der Waals surface area contributed by atoms with E-state index in [2.05, 4.69) is 5.32 Å². The Bertz CT molecular complexity index is 513. The predicted octanol–water partition coefficient (Wildman–Crippen LogP) is 2.69. The lowest BCUT2D eigenvalue weighted by atomic mass is 10.2. The third-order valence-electron chi connectivity index (χ3n) is 2.50. The van der Waals surface area contributed by atoms with E-state index in [4.69, 9.17) is 33.0 Å². The molecule has 1 unspecified atom stereocenters. The lowest BCUT2D eigenvalue weighted by molar-refractivity contribution is -0.142. The lowest BCUT2D eigenvalue weighted by Crippen LogP contribution is -2.43. The fourth-order valence-corrected chi connectivity index (χ4v) is 2.27. The quantitative estimate of drug-likeness (QED) is 0.752. The Morgan fingerprint density at radius 2 is 2.14 bits per heavy atom. The van der Waals surface area contributed by atoms with Gasteiger partial charge in [-0.15, -0.1) is 0 Å². The number of benzene rings is 1. The number of amides is 1. The van der Waals surface area contributed by atoms with Gasteiger partial charge < -0.3 is 15.2 Å². The van der Waals surface area contributed by atoms with Gasteiger partial charge in [-0.25, -0.2) is 4.79 Å². The lowest BCUT2D eigenvalue weighted by Gasteiger charge is -2.14. The number of carbonyl (C=O) groups excluding carboxylic acids is 1. The molecule has 2 N–H and O–H groups in total. The van der Waals surface area contributed by atoms with Crippen LogP contribution in [-0.4, -0.2) is 41.6 Å². The van der Waals surface area contributed by atoms with Crippen LogP contribution in [0.5, 0.6) is 5.75 Å². The highest BCUT2D eigenvalue weighted by atomic mass is 35.5. The van der Waals surface area contributed by atoms with E-state index >= 15 is 0 Å². The van der Waals surface area contributed by atoms with Crippen LogP contribution in [0, 0.1) is 0 Å². The smallest absolute Gasteiger partial charge is 0.326 e. The van der Waals surface area contributed by atoms with Crippen LogP contribution < -0.4 is 10.1 Å². The van der Waals surface area contributed by atoms with E-state index in [9.17, 15) is 9.59 Å². The van der Waals surface area contributed by atoms with Crippen molar-refractivity contribution in [1.82, 2.24) is 5.32 Å². The Balaban J connectivity index is 2.52. The Kier molecular flexibility index (Phi) is 7.71. The first kappa shape index (κ1) is 17.9. The highest BCUT2D eigenvalue weighted by Gasteiger charge is 2.19. The van der Waals surface area contributed by atoms with Crippen LogP contribution in [0.4, 0.5) is 0 Å². The van der Waals surface area contributed by atoms with Crippen LogP contribution in [0.2, 0.25) is 10.0 Å². The predicted molar refractivity (Wildman–Crippen MR) is 84.5 cm³/mol. The third kappa shape index (κ3) is 6.46. The molecule has 1 rings (SSSR count). The van der Waals surface area contributed by atoms with Gasteiger partial charge in [0.1, 0.15) is 11.8 Å². The Hall–Kier alpha value is -1.11. The largest absolute Gasteiger partial charge is 0.482 e. The number of nitrogens with one attached hydrogen (secondary N) is 1. The Labute approximate surface area is 136 Å². The molecule has 0 bridgehead atoms. The zero-order valence-electron chi connectivity index (χ0n) is 11.3. The number of carboxylic acid groups (broad SMARTS) is 1. The number of hydrogen-bond acceptors (Lipinski definition) is 4. The topological polar surface area (TPSA) is 75.6 Å². The Morgan fingerprint density at radius 1 is 1.43 bits per heavy atom. The molecule has 1 aromatic carbocycles. The number of halogens is 2. The normalized spacial score (nSPS) is 11.8. The average Bonchev–Trinajstić information content (AvgIpc) is 2.44. The van der Waals surface area contributed by atoms with Gasteiger partial charge in [0.2, 0.25) is 0 Å². The van der Waals surface area contributed by atoms with Crippen LogP contribution in [0.3, 0.4) is 0 Å². The molecule has 1 atom stereocenters. The fourth-order valence-electron chi connectivity index (χ4n) is 1.46. The minimum absolute atomic E-state index is 0.273. The molecule has 116 valence electrons. The summed E-state index contributed by atoms with van der Waals surface area (Å²) in [6.07, 6.45) is 2.21. The molecular formula is C13H15Cl2NO4S. The number of carboxylic acids is 1. The van der Waals surface area contributed by atoms with Crippen LogP contribution >= 0.6 is 35.0 Å². The maximum absolute atomic E-state index is 11.7. The van der Waals surface area contributed by atoms with Gasteiger partial charge in [-0.3, -0.25) is 4.79 Å². The van der Waals surface area contributed by atoms with E-state index in [1.54, 1.807) is 12.1 Å². The van der Waals surface area contributed by atoms with Crippen molar-refractivity contribution in [2.75, 3.05) is 18.6 Å². The number of thioether (sulfide) groups is 1. The van der Waals surface area contributed by atoms with E-state index in [1.165, 1.54) is 17.8 Å². The first-order valence-electron chi connectivity index (χ1n) is 6.03. The van der Waals surface area contributed by atoms with Gasteiger partial charge in [0.25, 0.3) is 5.91 Å². The van der Waals surface area contributed by atoms with E-state index in [-0.39, 0.29) is 12.4 Å². The molecule has 0 radical (unpaired) electrons. The summed E-state index contributed by atoms with van der Waals surface area (Å²) in [5.41, 5.74) is 0. The molecule has 5 nitrogen and oxygen atoms in total. The molecule has 0 fully saturated rings. The van der Waals surface area contributed by atoms with Crippen molar-refractivity contribution in [1.29, 1.82) is 0 Å². The van der Waals surface area contributed by atoms with Gasteiger partial charge in [0.05, 0.1) is 5.02 Å². The van der Waals surface area contributed by atoms with Gasteiger partial charge in [0.15, 0.2) is 6.61 Å². The van der Waals surface area contributed by atoms with Gasteiger partial charge in [0, 0.05) is 11.1 Å². The summed E-state index contributed by atoms with van der Waals surface area (Å²) >= 11 is 13.2. The molecule has 1 amide bonds. The number of carbonyl (C=O) groups is 2. The van der Waals surface area contributed by atoms with Crippen LogP contribution in [0.25, 0.3) is 0 Å². The first-order chi connectivity index (χ1) is 9.93. The molecule has 0 aliphatic rings. The van der Waals surface area contributed by atoms with E-state index in [0.717, 1.165) is 0 Å². The molecule has 0 heterocycles.